The Morgan fingerprint density at radius 1 is 1.23 bits per heavy atom. The molecule has 1 N–H and O–H groups in total. The van der Waals surface area contributed by atoms with Crippen LogP contribution < -0.4 is 11.0 Å². The number of hydrogen-bond donors (Lipinski definition) is 1. The average molecular weight is 436 g/mol. The highest BCUT2D eigenvalue weighted by atomic mass is 28.4. The van der Waals surface area contributed by atoms with Crippen molar-refractivity contribution < 1.29 is 18.4 Å². The number of carbonyl (C=O) groups excluding carboxylic acids is 1. The zero-order valence-corrected chi connectivity index (χ0v) is 19.9. The van der Waals surface area contributed by atoms with Crippen molar-refractivity contribution in [1.29, 1.82) is 0 Å². The molecule has 1 aromatic rings. The monoisotopic (exact) mass is 435 g/mol. The first kappa shape index (κ1) is 22.9. The fourth-order valence-corrected chi connectivity index (χ4v) is 9.34. The molecule has 0 spiro atoms. The van der Waals surface area contributed by atoms with Crippen LogP contribution in [0, 0.1) is 0 Å². The second kappa shape index (κ2) is 8.03. The van der Waals surface area contributed by atoms with Gasteiger partial charge in [-0.2, -0.15) is 4.98 Å². The summed E-state index contributed by atoms with van der Waals surface area (Å²) in [6.45, 7) is 14.8. The minimum Gasteiger partial charge on any atom is -0.391 e. The Hall–Kier alpha value is -1.81. The van der Waals surface area contributed by atoms with Crippen LogP contribution in [0.15, 0.2) is 29.2 Å². The van der Waals surface area contributed by atoms with Gasteiger partial charge in [0.15, 0.2) is 0 Å². The highest BCUT2D eigenvalue weighted by Gasteiger charge is 2.62. The summed E-state index contributed by atoms with van der Waals surface area (Å²) in [6.07, 6.45) is 5.07. The van der Waals surface area contributed by atoms with Gasteiger partial charge in [0.1, 0.15) is 18.1 Å². The van der Waals surface area contributed by atoms with Gasteiger partial charge in [-0.3, -0.25) is 9.36 Å². The minimum atomic E-state index is -2.60. The van der Waals surface area contributed by atoms with Gasteiger partial charge < -0.3 is 18.9 Å². The number of ether oxygens (including phenoxy) is 1. The smallest absolute Gasteiger partial charge is 0.351 e. The summed E-state index contributed by atoms with van der Waals surface area (Å²) >= 11 is 0. The van der Waals surface area contributed by atoms with Gasteiger partial charge in [-0.25, -0.2) is 4.79 Å². The van der Waals surface area contributed by atoms with E-state index in [0.717, 1.165) is 0 Å². The van der Waals surface area contributed by atoms with Crippen LogP contribution in [0.2, 0.25) is 10.1 Å². The molecule has 0 saturated carbocycles. The van der Waals surface area contributed by atoms with E-state index in [1.54, 1.807) is 12.3 Å². The molecule has 2 aliphatic heterocycles. The first-order valence-electron chi connectivity index (χ1n) is 10.3. The summed E-state index contributed by atoms with van der Waals surface area (Å²) in [6, 6.07) is 1.59. The summed E-state index contributed by atoms with van der Waals surface area (Å²) in [4.78, 5) is 27.6. The molecule has 3 atom stereocenters. The maximum Gasteiger partial charge on any atom is 0.351 e. The fraction of sp³-hybridized carbons (Fsp3) is 0.667. The summed E-state index contributed by atoms with van der Waals surface area (Å²) in [5, 5.41) is 2.29. The van der Waals surface area contributed by atoms with Gasteiger partial charge in [0.2, 0.25) is 5.91 Å². The maximum atomic E-state index is 12.5. The van der Waals surface area contributed by atoms with Crippen LogP contribution in [0.5, 0.6) is 0 Å². The molecule has 0 aliphatic carbocycles. The molecule has 30 heavy (non-hydrogen) atoms. The topological polar surface area (TPSA) is 91.7 Å². The van der Waals surface area contributed by atoms with E-state index in [1.807, 2.05) is 12.2 Å². The molecule has 1 saturated heterocycles. The normalized spacial score (nSPS) is 26.6. The van der Waals surface area contributed by atoms with Crippen molar-refractivity contribution in [2.24, 2.45) is 0 Å². The van der Waals surface area contributed by atoms with E-state index < -0.39 is 20.5 Å². The van der Waals surface area contributed by atoms with E-state index in [2.05, 4.69) is 51.8 Å². The van der Waals surface area contributed by atoms with Crippen molar-refractivity contribution >= 4 is 20.3 Å². The van der Waals surface area contributed by atoms with E-state index in [1.165, 1.54) is 11.5 Å². The average Bonchev–Trinajstić information content (AvgIpc) is 2.80. The molecule has 1 amide bonds. The second-order valence-corrected chi connectivity index (χ2v) is 14.7. The Morgan fingerprint density at radius 3 is 2.47 bits per heavy atom. The Labute approximate surface area is 178 Å². The summed E-state index contributed by atoms with van der Waals surface area (Å²) in [7, 11) is -2.60. The standard InChI is InChI=1S/C21H33N3O5Si/c1-14(25)22-17-11-12-24(19(26)23-17)18-10-8-9-15-16(28-18)13-27-30(29-15,20(2,3)4)21(5,6)7/h8-9,11-12,15-16,18H,10,13H2,1-7H3,(H,22,23,25,26)/t15-,16+,18+/m0/s1. The first-order valence-corrected chi connectivity index (χ1v) is 12.2. The van der Waals surface area contributed by atoms with Gasteiger partial charge in [-0.1, -0.05) is 53.7 Å². The quantitative estimate of drug-likeness (QED) is 0.565. The molecule has 3 rings (SSSR count). The SMILES string of the molecule is CC(=O)Nc1ccn([C@H]2CC=C[C@@H]3O[Si](C(C)(C)C)(C(C)(C)C)OC[C@H]3O2)c(=O)n1. The molecule has 0 bridgehead atoms. The van der Waals surface area contributed by atoms with E-state index in [4.69, 9.17) is 13.6 Å². The summed E-state index contributed by atoms with van der Waals surface area (Å²) in [5.41, 5.74) is -0.483. The molecule has 166 valence electrons. The minimum absolute atomic E-state index is 0.115. The highest BCUT2D eigenvalue weighted by molar-refractivity contribution is 6.73. The Kier molecular flexibility index (Phi) is 6.12. The zero-order chi connectivity index (χ0) is 22.3. The van der Waals surface area contributed by atoms with E-state index >= 15 is 0 Å². The molecule has 0 radical (unpaired) electrons. The molecule has 2 aliphatic rings. The molecular formula is C21H33N3O5Si. The van der Waals surface area contributed by atoms with Crippen molar-refractivity contribution in [3.05, 3.63) is 34.9 Å². The third-order valence-electron chi connectivity index (χ3n) is 5.53. The molecule has 9 heteroatoms. The predicted octanol–water partition coefficient (Wildman–Crippen LogP) is 3.50. The molecule has 1 aromatic heterocycles. The van der Waals surface area contributed by atoms with Gasteiger partial charge in [-0.05, 0) is 6.07 Å². The lowest BCUT2D eigenvalue weighted by Crippen LogP contribution is -2.64. The molecular weight excluding hydrogens is 402 g/mol. The van der Waals surface area contributed by atoms with Gasteiger partial charge in [0, 0.05) is 29.6 Å². The number of hydrogen-bond acceptors (Lipinski definition) is 6. The van der Waals surface area contributed by atoms with Crippen molar-refractivity contribution in [2.45, 2.75) is 83.4 Å². The van der Waals surface area contributed by atoms with Crippen LogP contribution in [0.1, 0.15) is 61.1 Å². The lowest BCUT2D eigenvalue weighted by atomic mass is 10.2. The highest BCUT2D eigenvalue weighted by Crippen LogP contribution is 2.54. The van der Waals surface area contributed by atoms with Crippen molar-refractivity contribution in [1.82, 2.24) is 9.55 Å². The van der Waals surface area contributed by atoms with Gasteiger partial charge in [0.05, 0.1) is 12.7 Å². The molecule has 1 fully saturated rings. The summed E-state index contributed by atoms with van der Waals surface area (Å²) in [5.74, 6) is -0.0562. The lowest BCUT2D eigenvalue weighted by molar-refractivity contribution is -0.134. The predicted molar refractivity (Wildman–Crippen MR) is 116 cm³/mol. The van der Waals surface area contributed by atoms with Gasteiger partial charge >= 0.3 is 14.3 Å². The van der Waals surface area contributed by atoms with Crippen LogP contribution in [0.3, 0.4) is 0 Å². The van der Waals surface area contributed by atoms with Crippen LogP contribution in [0.4, 0.5) is 5.82 Å². The van der Waals surface area contributed by atoms with Gasteiger partial charge in [-0.15, -0.1) is 0 Å². The Morgan fingerprint density at radius 2 is 1.90 bits per heavy atom. The number of rotatable bonds is 2. The van der Waals surface area contributed by atoms with E-state index in [0.29, 0.717) is 13.0 Å². The Bertz CT molecular complexity index is 870. The number of nitrogens with one attached hydrogen (secondary N) is 1. The fourth-order valence-electron chi connectivity index (χ4n) is 4.43. The van der Waals surface area contributed by atoms with E-state index in [9.17, 15) is 9.59 Å². The first-order chi connectivity index (χ1) is 13.8. The second-order valence-electron chi connectivity index (χ2n) is 9.99. The number of amides is 1. The number of fused-ring (bicyclic) bond motifs is 1. The third-order valence-corrected chi connectivity index (χ3v) is 10.7. The Balaban J connectivity index is 1.83. The third kappa shape index (κ3) is 4.30. The number of anilines is 1. The molecule has 8 nitrogen and oxygen atoms in total. The van der Waals surface area contributed by atoms with Crippen LogP contribution >= 0.6 is 0 Å². The molecule has 0 aromatic carbocycles. The summed E-state index contributed by atoms with van der Waals surface area (Å²) < 4.78 is 20.9. The van der Waals surface area contributed by atoms with Crippen LogP contribution in [-0.4, -0.2) is 42.8 Å². The van der Waals surface area contributed by atoms with Crippen molar-refractivity contribution in [3.63, 3.8) is 0 Å². The largest absolute Gasteiger partial charge is 0.391 e. The number of carbonyl (C=O) groups is 1. The number of nitrogens with zero attached hydrogens (tertiary/aromatic N) is 2. The molecule has 3 heterocycles. The van der Waals surface area contributed by atoms with Crippen LogP contribution in [-0.2, 0) is 18.4 Å². The maximum absolute atomic E-state index is 12.5. The number of aromatic nitrogens is 2. The van der Waals surface area contributed by atoms with E-state index in [-0.39, 0.29) is 34.0 Å². The van der Waals surface area contributed by atoms with Crippen molar-refractivity contribution in [2.75, 3.05) is 11.9 Å². The van der Waals surface area contributed by atoms with Crippen LogP contribution in [0.25, 0.3) is 0 Å². The molecule has 0 unspecified atom stereocenters. The zero-order valence-electron chi connectivity index (χ0n) is 18.9. The van der Waals surface area contributed by atoms with Crippen molar-refractivity contribution in [3.8, 4) is 0 Å². The van der Waals surface area contributed by atoms with Gasteiger partial charge in [0.25, 0.3) is 0 Å². The lowest BCUT2D eigenvalue weighted by Gasteiger charge is -2.54.